The van der Waals surface area contributed by atoms with Crippen LogP contribution in [0.25, 0.3) is 0 Å². The zero-order chi connectivity index (χ0) is 54.7. The molecule has 0 unspecified atom stereocenters. The number of hydrogen-bond acceptors (Lipinski definition) is 12. The number of likely N-dealkylation sites (N-methyl/N-ethyl adjacent to an activating group) is 1. The van der Waals surface area contributed by atoms with Crippen molar-refractivity contribution in [3.8, 4) is 0 Å². The number of halogens is 4. The van der Waals surface area contributed by atoms with Gasteiger partial charge in [0.2, 0.25) is 20.0 Å². The van der Waals surface area contributed by atoms with Crippen molar-refractivity contribution in [1.82, 2.24) is 30.3 Å². The van der Waals surface area contributed by atoms with E-state index in [1.165, 1.54) is 6.07 Å². The van der Waals surface area contributed by atoms with Crippen molar-refractivity contribution in [3.05, 3.63) is 151 Å². The second kappa shape index (κ2) is 29.9. The third-order valence-corrected chi connectivity index (χ3v) is 16.1. The molecule has 24 heteroatoms. The number of anilines is 2. The van der Waals surface area contributed by atoms with Crippen LogP contribution in [0.1, 0.15) is 52.1 Å². The molecule has 76 heavy (non-hydrogen) atoms. The molecule has 0 spiro atoms. The van der Waals surface area contributed by atoms with Crippen LogP contribution in [0.2, 0.25) is 20.1 Å². The number of nitrogens with one attached hydrogen (secondary N) is 7. The van der Waals surface area contributed by atoms with Crippen LogP contribution < -0.4 is 36.0 Å². The highest BCUT2D eigenvalue weighted by molar-refractivity contribution is 7.89. The van der Waals surface area contributed by atoms with Gasteiger partial charge in [-0.1, -0.05) is 77.6 Å². The number of ether oxygens (including phenoxy) is 4. The Bertz CT molecular complexity index is 2960. The molecule has 412 valence electrons. The fourth-order valence-electron chi connectivity index (χ4n) is 8.30. The fourth-order valence-corrected chi connectivity index (χ4v) is 11.6. The summed E-state index contributed by atoms with van der Waals surface area (Å²) >= 11 is 25.7. The molecule has 0 bridgehead atoms. The van der Waals surface area contributed by atoms with Crippen LogP contribution in [0, 0.1) is 0 Å². The summed E-state index contributed by atoms with van der Waals surface area (Å²) in [6, 6.07) is 26.4. The van der Waals surface area contributed by atoms with Crippen molar-refractivity contribution < 1.29 is 45.4 Å². The van der Waals surface area contributed by atoms with E-state index >= 15 is 0 Å². The lowest BCUT2D eigenvalue weighted by Crippen LogP contribution is -2.32. The summed E-state index contributed by atoms with van der Waals surface area (Å²) in [7, 11) is -3.80. The first-order chi connectivity index (χ1) is 36.4. The number of benzene rings is 5. The van der Waals surface area contributed by atoms with E-state index in [-0.39, 0.29) is 101 Å². The van der Waals surface area contributed by atoms with Gasteiger partial charge >= 0.3 is 12.1 Å². The van der Waals surface area contributed by atoms with Crippen LogP contribution in [0.4, 0.5) is 21.0 Å². The Labute approximate surface area is 465 Å². The molecule has 18 nitrogen and oxygen atoms in total. The Morgan fingerprint density at radius 3 is 1.68 bits per heavy atom. The fraction of sp³-hybridized carbons (Fsp3) is 0.385. The summed E-state index contributed by atoms with van der Waals surface area (Å²) in [5, 5.41) is 16.1. The lowest BCUT2D eigenvalue weighted by atomic mass is 9.85. The van der Waals surface area contributed by atoms with Gasteiger partial charge in [0.1, 0.15) is 0 Å². The molecule has 0 saturated carbocycles. The average Bonchev–Trinajstić information content (AvgIpc) is 3.39. The standard InChI is InChI=1S/C52H64Cl4N8O10S2/c1-35(44-28-38(53)30-49(55)46(44)32-57-2)36-6-4-8-42(26-36)75(67,68)60-16-20-73-24-22-71-18-14-58-51(65)62-40-10-12-41(13-11-40)63-52(66)59-15-19-72-23-25-74-21-17-61-76(69,70)43-9-5-7-37(27-43)47-33-64(3)34-48-45(47)29-39(54)31-50(48)56/h4-13,26-31,35,47,57,60-61H,14-25,32-34H2,1-3H3,(H2,58,62,65)(H2,59,63,66)/t35-,47-/m0/s1. The van der Waals surface area contributed by atoms with Crippen molar-refractivity contribution in [1.29, 1.82) is 0 Å². The molecule has 0 radical (unpaired) electrons. The van der Waals surface area contributed by atoms with E-state index in [1.807, 2.05) is 45.3 Å². The normalized spacial score (nSPS) is 14.2. The molecule has 6 rings (SSSR count). The quantitative estimate of drug-likeness (QED) is 0.0226. The average molecular weight is 1170 g/mol. The lowest BCUT2D eigenvalue weighted by molar-refractivity contribution is 0.0517. The van der Waals surface area contributed by atoms with Crippen molar-refractivity contribution >= 4 is 89.9 Å². The third kappa shape index (κ3) is 18.5. The van der Waals surface area contributed by atoms with Crippen LogP contribution in [0.5, 0.6) is 0 Å². The number of nitrogens with zero attached hydrogens (tertiary/aromatic N) is 1. The van der Waals surface area contributed by atoms with Crippen molar-refractivity contribution in [2.24, 2.45) is 0 Å². The molecule has 5 aromatic carbocycles. The molecule has 1 heterocycles. The zero-order valence-electron chi connectivity index (χ0n) is 42.4. The molecule has 0 saturated heterocycles. The van der Waals surface area contributed by atoms with E-state index in [2.05, 4.69) is 40.9 Å². The molecular formula is C52H64Cl4N8O10S2. The minimum absolute atomic E-state index is 0.0573. The second-order valence-corrected chi connectivity index (χ2v) is 22.9. The number of carbonyl (C=O) groups is 2. The Hall–Kier alpha value is -4.62. The Morgan fingerprint density at radius 1 is 0.632 bits per heavy atom. The molecule has 0 aliphatic carbocycles. The largest absolute Gasteiger partial charge is 0.378 e. The van der Waals surface area contributed by atoms with Crippen LogP contribution in [-0.4, -0.2) is 133 Å². The third-order valence-electron chi connectivity index (χ3n) is 12.0. The van der Waals surface area contributed by atoms with Crippen LogP contribution in [-0.2, 0) is 52.1 Å². The minimum Gasteiger partial charge on any atom is -0.378 e. The van der Waals surface area contributed by atoms with Gasteiger partial charge in [0.25, 0.3) is 0 Å². The predicted molar refractivity (Wildman–Crippen MR) is 298 cm³/mol. The highest BCUT2D eigenvalue weighted by Crippen LogP contribution is 2.39. The van der Waals surface area contributed by atoms with Gasteiger partial charge in [0.15, 0.2) is 0 Å². The van der Waals surface area contributed by atoms with Gasteiger partial charge in [-0.25, -0.2) is 35.9 Å². The summed E-state index contributed by atoms with van der Waals surface area (Å²) in [4.78, 5) is 27.2. The van der Waals surface area contributed by atoms with E-state index in [4.69, 9.17) is 65.4 Å². The number of fused-ring (bicyclic) bond motifs is 1. The molecule has 0 aromatic heterocycles. The summed E-state index contributed by atoms with van der Waals surface area (Å²) in [6.07, 6.45) is 0. The molecule has 5 aromatic rings. The Morgan fingerprint density at radius 2 is 1.13 bits per heavy atom. The van der Waals surface area contributed by atoms with Crippen molar-refractivity contribution in [2.75, 3.05) is 110 Å². The summed E-state index contributed by atoms with van der Waals surface area (Å²) in [5.41, 5.74) is 6.42. The van der Waals surface area contributed by atoms with Crippen LogP contribution in [0.15, 0.2) is 107 Å². The summed E-state index contributed by atoms with van der Waals surface area (Å²) in [6.45, 7) is 6.08. The molecule has 7 N–H and O–H groups in total. The topological polar surface area (TPSA) is 227 Å². The smallest absolute Gasteiger partial charge is 0.319 e. The van der Waals surface area contributed by atoms with Gasteiger partial charge in [-0.15, -0.1) is 0 Å². The first kappa shape index (κ1) is 60.6. The van der Waals surface area contributed by atoms with Crippen LogP contribution >= 0.6 is 46.4 Å². The van der Waals surface area contributed by atoms with Gasteiger partial charge in [-0.3, -0.25) is 0 Å². The molecule has 4 amide bonds. The summed E-state index contributed by atoms with van der Waals surface area (Å²) < 4.78 is 79.8. The highest BCUT2D eigenvalue weighted by Gasteiger charge is 2.28. The molecule has 1 aliphatic rings. The highest BCUT2D eigenvalue weighted by atomic mass is 35.5. The van der Waals surface area contributed by atoms with E-state index in [9.17, 15) is 26.4 Å². The number of amides is 4. The molecule has 2 atom stereocenters. The van der Waals surface area contributed by atoms with Gasteiger partial charge in [0, 0.05) is 89.1 Å². The van der Waals surface area contributed by atoms with Gasteiger partial charge in [-0.2, -0.15) is 0 Å². The molecule has 1 aliphatic heterocycles. The monoisotopic (exact) mass is 1160 g/mol. The maximum atomic E-state index is 13.2. The SMILES string of the molecule is CNCc1c(Cl)cc(Cl)cc1[C@@H](C)c1cccc(S(=O)(=O)NCCOCCOCCNC(=O)Nc2ccc(NC(=O)NCCOCCOCCNS(=O)(=O)c3cccc([C@@H]4CN(C)Cc5c(Cl)cc(Cl)cc54)c3)cc2)c1. The minimum atomic E-state index is -3.81. The van der Waals surface area contributed by atoms with Crippen molar-refractivity contribution in [3.63, 3.8) is 0 Å². The van der Waals surface area contributed by atoms with Crippen molar-refractivity contribution in [2.45, 2.75) is 41.6 Å². The molecular weight excluding hydrogens is 1100 g/mol. The van der Waals surface area contributed by atoms with Crippen LogP contribution in [0.3, 0.4) is 0 Å². The van der Waals surface area contributed by atoms with Gasteiger partial charge < -0.3 is 50.4 Å². The Kier molecular flexibility index (Phi) is 23.9. The lowest BCUT2D eigenvalue weighted by Gasteiger charge is -2.33. The van der Waals surface area contributed by atoms with E-state index in [1.54, 1.807) is 66.7 Å². The number of hydrogen-bond donors (Lipinski definition) is 7. The first-order valence-corrected chi connectivity index (χ1v) is 28.9. The van der Waals surface area contributed by atoms with E-state index < -0.39 is 32.1 Å². The van der Waals surface area contributed by atoms with E-state index in [0.29, 0.717) is 51.1 Å². The van der Waals surface area contributed by atoms with Gasteiger partial charge in [-0.05, 0) is 120 Å². The number of urea groups is 2. The summed E-state index contributed by atoms with van der Waals surface area (Å²) in [5.74, 6) is -0.279. The number of sulfonamides is 2. The molecule has 0 fully saturated rings. The zero-order valence-corrected chi connectivity index (χ0v) is 47.0. The van der Waals surface area contributed by atoms with E-state index in [0.717, 1.165) is 33.4 Å². The maximum absolute atomic E-state index is 13.2. The van der Waals surface area contributed by atoms with Gasteiger partial charge in [0.05, 0.1) is 62.6 Å². The predicted octanol–water partition coefficient (Wildman–Crippen LogP) is 8.02. The number of carbonyl (C=O) groups excluding carboxylic acids is 2. The first-order valence-electron chi connectivity index (χ1n) is 24.4. The number of rotatable bonds is 29. The Balaban J connectivity index is 0.759. The maximum Gasteiger partial charge on any atom is 0.319 e. The second-order valence-electron chi connectivity index (χ2n) is 17.6.